The summed E-state index contributed by atoms with van der Waals surface area (Å²) in [6.45, 7) is 0. The van der Waals surface area contributed by atoms with Crippen molar-refractivity contribution < 1.29 is 4.39 Å². The molecule has 3 nitrogen and oxygen atoms in total. The van der Waals surface area contributed by atoms with Crippen LogP contribution in [0, 0.1) is 5.82 Å². The average molecular weight is 205 g/mol. The third kappa shape index (κ3) is 2.15. The molecule has 2 rings (SSSR count). The highest BCUT2D eigenvalue weighted by molar-refractivity contribution is 5.33. The molecule has 0 unspecified atom stereocenters. The summed E-state index contributed by atoms with van der Waals surface area (Å²) in [5.74, 6) is 0.409. The maximum atomic E-state index is 12.7. The van der Waals surface area contributed by atoms with Gasteiger partial charge in [-0.2, -0.15) is 5.10 Å². The molecule has 0 spiro atoms. The van der Waals surface area contributed by atoms with Crippen molar-refractivity contribution in [1.82, 2.24) is 9.78 Å². The minimum atomic E-state index is -0.223. The summed E-state index contributed by atoms with van der Waals surface area (Å²) < 4.78 is 14.3. The van der Waals surface area contributed by atoms with Gasteiger partial charge in [-0.05, 0) is 17.7 Å². The maximum Gasteiger partial charge on any atom is 0.123 e. The van der Waals surface area contributed by atoms with E-state index in [0.29, 0.717) is 12.2 Å². The Hall–Kier alpha value is -1.84. The van der Waals surface area contributed by atoms with Gasteiger partial charge in [-0.1, -0.05) is 12.1 Å². The van der Waals surface area contributed by atoms with Crippen LogP contribution < -0.4 is 5.73 Å². The quantitative estimate of drug-likeness (QED) is 0.811. The van der Waals surface area contributed by atoms with E-state index in [1.165, 1.54) is 12.1 Å². The SMILES string of the molecule is Cn1nc(Cc2ccc(F)cc2)cc1N. The minimum absolute atomic E-state index is 0.223. The van der Waals surface area contributed by atoms with Crippen LogP contribution in [0.15, 0.2) is 30.3 Å². The molecule has 0 saturated carbocycles. The lowest BCUT2D eigenvalue weighted by molar-refractivity contribution is 0.627. The van der Waals surface area contributed by atoms with Crippen molar-refractivity contribution in [2.75, 3.05) is 5.73 Å². The largest absolute Gasteiger partial charge is 0.384 e. The number of aryl methyl sites for hydroxylation is 1. The van der Waals surface area contributed by atoms with E-state index in [4.69, 9.17) is 5.73 Å². The fourth-order valence-corrected chi connectivity index (χ4v) is 1.44. The van der Waals surface area contributed by atoms with Crippen LogP contribution in [0.5, 0.6) is 0 Å². The molecule has 1 aromatic carbocycles. The van der Waals surface area contributed by atoms with Gasteiger partial charge in [0.15, 0.2) is 0 Å². The van der Waals surface area contributed by atoms with E-state index in [2.05, 4.69) is 5.10 Å². The van der Waals surface area contributed by atoms with Gasteiger partial charge in [0, 0.05) is 19.5 Å². The Morgan fingerprint density at radius 1 is 1.33 bits per heavy atom. The predicted molar refractivity (Wildman–Crippen MR) is 56.8 cm³/mol. The summed E-state index contributed by atoms with van der Waals surface area (Å²) in [7, 11) is 1.80. The molecule has 0 amide bonds. The summed E-state index contributed by atoms with van der Waals surface area (Å²) in [4.78, 5) is 0. The van der Waals surface area contributed by atoms with Crippen LogP contribution in [0.2, 0.25) is 0 Å². The topological polar surface area (TPSA) is 43.8 Å². The zero-order valence-electron chi connectivity index (χ0n) is 8.44. The van der Waals surface area contributed by atoms with Gasteiger partial charge in [0.25, 0.3) is 0 Å². The molecule has 2 aromatic rings. The van der Waals surface area contributed by atoms with Crippen LogP contribution in [-0.4, -0.2) is 9.78 Å². The maximum absolute atomic E-state index is 12.7. The molecule has 0 aliphatic carbocycles. The van der Waals surface area contributed by atoms with Gasteiger partial charge < -0.3 is 5.73 Å². The standard InChI is InChI=1S/C11H12FN3/c1-15-11(13)7-10(14-15)6-8-2-4-9(12)5-3-8/h2-5,7H,6,13H2,1H3. The Kier molecular flexibility index (Phi) is 2.41. The second-order valence-electron chi connectivity index (χ2n) is 3.49. The second kappa shape index (κ2) is 3.73. The Labute approximate surface area is 87.3 Å². The van der Waals surface area contributed by atoms with Gasteiger partial charge >= 0.3 is 0 Å². The molecule has 0 atom stereocenters. The first-order valence-electron chi connectivity index (χ1n) is 4.68. The van der Waals surface area contributed by atoms with Crippen LogP contribution in [-0.2, 0) is 13.5 Å². The average Bonchev–Trinajstić information content (AvgIpc) is 2.50. The smallest absolute Gasteiger partial charge is 0.123 e. The monoisotopic (exact) mass is 205 g/mol. The number of halogens is 1. The van der Waals surface area contributed by atoms with Crippen molar-refractivity contribution in [3.8, 4) is 0 Å². The second-order valence-corrected chi connectivity index (χ2v) is 3.49. The number of rotatable bonds is 2. The first kappa shape index (κ1) is 9.71. The molecule has 2 N–H and O–H groups in total. The normalized spacial score (nSPS) is 10.5. The van der Waals surface area contributed by atoms with Crippen LogP contribution in [0.4, 0.5) is 10.2 Å². The number of hydrogen-bond donors (Lipinski definition) is 1. The highest BCUT2D eigenvalue weighted by Gasteiger charge is 2.02. The molecule has 0 aliphatic heterocycles. The molecule has 0 saturated heterocycles. The molecule has 1 aromatic heterocycles. The van der Waals surface area contributed by atoms with Crippen molar-refractivity contribution in [1.29, 1.82) is 0 Å². The van der Waals surface area contributed by atoms with Gasteiger partial charge in [0.05, 0.1) is 5.69 Å². The van der Waals surface area contributed by atoms with E-state index < -0.39 is 0 Å². The molecule has 4 heteroatoms. The zero-order valence-corrected chi connectivity index (χ0v) is 8.44. The molecule has 1 heterocycles. The van der Waals surface area contributed by atoms with Crippen molar-refractivity contribution in [2.24, 2.45) is 7.05 Å². The fourth-order valence-electron chi connectivity index (χ4n) is 1.44. The number of benzene rings is 1. The van der Waals surface area contributed by atoms with Crippen LogP contribution >= 0.6 is 0 Å². The highest BCUT2D eigenvalue weighted by Crippen LogP contribution is 2.11. The number of anilines is 1. The van der Waals surface area contributed by atoms with Gasteiger partial charge in [0.1, 0.15) is 11.6 Å². The lowest BCUT2D eigenvalue weighted by atomic mass is 10.1. The van der Waals surface area contributed by atoms with Crippen LogP contribution in [0.25, 0.3) is 0 Å². The molecule has 15 heavy (non-hydrogen) atoms. The number of nitrogen functional groups attached to an aromatic ring is 1. The van der Waals surface area contributed by atoms with Crippen molar-refractivity contribution >= 4 is 5.82 Å². The van der Waals surface area contributed by atoms with E-state index in [1.54, 1.807) is 23.9 Å². The van der Waals surface area contributed by atoms with E-state index in [-0.39, 0.29) is 5.82 Å². The summed E-state index contributed by atoms with van der Waals surface area (Å²) in [6, 6.07) is 8.22. The van der Waals surface area contributed by atoms with Crippen LogP contribution in [0.3, 0.4) is 0 Å². The van der Waals surface area contributed by atoms with Crippen molar-refractivity contribution in [3.05, 3.63) is 47.4 Å². The fraction of sp³-hybridized carbons (Fsp3) is 0.182. The van der Waals surface area contributed by atoms with Crippen molar-refractivity contribution in [2.45, 2.75) is 6.42 Å². The molecule has 0 aliphatic rings. The number of nitrogens with two attached hydrogens (primary N) is 1. The third-order valence-electron chi connectivity index (χ3n) is 2.27. The number of hydrogen-bond acceptors (Lipinski definition) is 2. The lowest BCUT2D eigenvalue weighted by Gasteiger charge is -1.97. The minimum Gasteiger partial charge on any atom is -0.384 e. The van der Waals surface area contributed by atoms with E-state index in [1.807, 2.05) is 6.07 Å². The Balaban J connectivity index is 2.18. The molecule has 0 radical (unpaired) electrons. The first-order chi connectivity index (χ1) is 7.15. The molecular formula is C11H12FN3. The summed E-state index contributed by atoms with van der Waals surface area (Å²) >= 11 is 0. The molecule has 78 valence electrons. The number of nitrogens with zero attached hydrogens (tertiary/aromatic N) is 2. The van der Waals surface area contributed by atoms with E-state index in [0.717, 1.165) is 11.3 Å². The van der Waals surface area contributed by atoms with Gasteiger partial charge in [-0.25, -0.2) is 4.39 Å². The molecule has 0 bridgehead atoms. The predicted octanol–water partition coefficient (Wildman–Crippen LogP) is 1.73. The lowest BCUT2D eigenvalue weighted by Crippen LogP contribution is -1.97. The van der Waals surface area contributed by atoms with E-state index in [9.17, 15) is 4.39 Å². The Morgan fingerprint density at radius 2 is 2.00 bits per heavy atom. The summed E-state index contributed by atoms with van der Waals surface area (Å²) in [5.41, 5.74) is 7.57. The zero-order chi connectivity index (χ0) is 10.8. The molecule has 0 fully saturated rings. The third-order valence-corrected chi connectivity index (χ3v) is 2.27. The van der Waals surface area contributed by atoms with Gasteiger partial charge in [-0.15, -0.1) is 0 Å². The van der Waals surface area contributed by atoms with E-state index >= 15 is 0 Å². The Bertz CT molecular complexity index is 440. The summed E-state index contributed by atoms with van der Waals surface area (Å²) in [6.07, 6.45) is 0.672. The van der Waals surface area contributed by atoms with Gasteiger partial charge in [0.2, 0.25) is 0 Å². The van der Waals surface area contributed by atoms with Crippen molar-refractivity contribution in [3.63, 3.8) is 0 Å². The van der Waals surface area contributed by atoms with Crippen LogP contribution in [0.1, 0.15) is 11.3 Å². The summed E-state index contributed by atoms with van der Waals surface area (Å²) in [5, 5.41) is 4.23. The van der Waals surface area contributed by atoms with Gasteiger partial charge in [-0.3, -0.25) is 4.68 Å². The number of aromatic nitrogens is 2. The first-order valence-corrected chi connectivity index (χ1v) is 4.68. The molecular weight excluding hydrogens is 193 g/mol. The Morgan fingerprint density at radius 3 is 2.53 bits per heavy atom. The highest BCUT2D eigenvalue weighted by atomic mass is 19.1.